The van der Waals surface area contributed by atoms with Crippen molar-refractivity contribution in [1.82, 2.24) is 0 Å². The van der Waals surface area contributed by atoms with E-state index >= 15 is 0 Å². The van der Waals surface area contributed by atoms with Crippen LogP contribution in [0.4, 0.5) is 8.78 Å². The number of aryl methyl sites for hydroxylation is 1. The van der Waals surface area contributed by atoms with Gasteiger partial charge in [-0.25, -0.2) is 8.78 Å². The third-order valence-electron chi connectivity index (χ3n) is 4.41. The van der Waals surface area contributed by atoms with Crippen LogP contribution in [0, 0.1) is 11.6 Å². The molecule has 1 aliphatic carbocycles. The summed E-state index contributed by atoms with van der Waals surface area (Å²) in [6, 6.07) is 12.0. The summed E-state index contributed by atoms with van der Waals surface area (Å²) in [5, 5.41) is 0. The molecule has 0 aromatic heterocycles. The van der Waals surface area contributed by atoms with Gasteiger partial charge >= 0.3 is 0 Å². The Labute approximate surface area is 128 Å². The monoisotopic (exact) mass is 306 g/mol. The van der Waals surface area contributed by atoms with Gasteiger partial charge < -0.3 is 0 Å². The van der Waals surface area contributed by atoms with Gasteiger partial charge in [0.25, 0.3) is 0 Å². The van der Waals surface area contributed by atoms with Crippen molar-refractivity contribution in [2.75, 3.05) is 5.88 Å². The van der Waals surface area contributed by atoms with Crippen LogP contribution < -0.4 is 0 Å². The van der Waals surface area contributed by atoms with E-state index in [4.69, 9.17) is 11.6 Å². The molecule has 0 spiro atoms. The first-order valence-corrected chi connectivity index (χ1v) is 7.76. The molecule has 0 saturated carbocycles. The predicted molar refractivity (Wildman–Crippen MR) is 81.8 cm³/mol. The van der Waals surface area contributed by atoms with Crippen LogP contribution >= 0.6 is 11.6 Å². The lowest BCUT2D eigenvalue weighted by molar-refractivity contribution is 0.395. The van der Waals surface area contributed by atoms with Crippen molar-refractivity contribution in [1.29, 1.82) is 0 Å². The van der Waals surface area contributed by atoms with E-state index in [9.17, 15) is 8.78 Å². The maximum absolute atomic E-state index is 13.4. The molecule has 110 valence electrons. The molecule has 21 heavy (non-hydrogen) atoms. The highest BCUT2D eigenvalue weighted by Gasteiger charge is 2.35. The summed E-state index contributed by atoms with van der Waals surface area (Å²) >= 11 is 6.31. The molecule has 2 aromatic carbocycles. The third-order valence-corrected chi connectivity index (χ3v) is 4.92. The van der Waals surface area contributed by atoms with Crippen LogP contribution in [0.25, 0.3) is 0 Å². The van der Waals surface area contributed by atoms with Crippen molar-refractivity contribution in [2.45, 2.75) is 31.1 Å². The van der Waals surface area contributed by atoms with Gasteiger partial charge in [0.05, 0.1) is 0 Å². The summed E-state index contributed by atoms with van der Waals surface area (Å²) in [7, 11) is 0. The zero-order chi connectivity index (χ0) is 14.9. The van der Waals surface area contributed by atoms with Gasteiger partial charge in [0.15, 0.2) is 0 Å². The highest BCUT2D eigenvalue weighted by molar-refractivity contribution is 6.18. The molecule has 0 radical (unpaired) electrons. The molecule has 0 heterocycles. The van der Waals surface area contributed by atoms with Crippen molar-refractivity contribution in [3.63, 3.8) is 0 Å². The zero-order valence-corrected chi connectivity index (χ0v) is 12.5. The number of hydrogen-bond acceptors (Lipinski definition) is 0. The molecule has 0 N–H and O–H groups in total. The fourth-order valence-electron chi connectivity index (χ4n) is 3.48. The molecule has 3 heteroatoms. The Kier molecular flexibility index (Phi) is 3.99. The molecule has 2 aromatic rings. The summed E-state index contributed by atoms with van der Waals surface area (Å²) in [6.07, 6.45) is 3.63. The SMILES string of the molecule is Fc1cc(F)cc(CC2(CCl)CCCc3ccccc32)c1. The van der Waals surface area contributed by atoms with Gasteiger partial charge in [-0.05, 0) is 54.5 Å². The van der Waals surface area contributed by atoms with Gasteiger partial charge in [-0.2, -0.15) is 0 Å². The third kappa shape index (κ3) is 2.82. The molecule has 0 saturated heterocycles. The molecule has 0 fully saturated rings. The minimum Gasteiger partial charge on any atom is -0.207 e. The quantitative estimate of drug-likeness (QED) is 0.698. The van der Waals surface area contributed by atoms with E-state index in [-0.39, 0.29) is 5.41 Å². The Morgan fingerprint density at radius 1 is 1.05 bits per heavy atom. The maximum Gasteiger partial charge on any atom is 0.126 e. The number of halogens is 3. The van der Waals surface area contributed by atoms with E-state index in [0.717, 1.165) is 25.3 Å². The molecule has 0 amide bonds. The summed E-state index contributed by atoms with van der Waals surface area (Å²) in [6.45, 7) is 0. The molecule has 1 unspecified atom stereocenters. The van der Waals surface area contributed by atoms with Crippen molar-refractivity contribution < 1.29 is 8.78 Å². The highest BCUT2D eigenvalue weighted by atomic mass is 35.5. The second kappa shape index (κ2) is 5.76. The van der Waals surface area contributed by atoms with E-state index in [2.05, 4.69) is 12.1 Å². The highest BCUT2D eigenvalue weighted by Crippen LogP contribution is 2.41. The van der Waals surface area contributed by atoms with Crippen molar-refractivity contribution >= 4 is 11.6 Å². The van der Waals surface area contributed by atoms with E-state index in [1.54, 1.807) is 0 Å². The molecule has 1 aliphatic rings. The van der Waals surface area contributed by atoms with Crippen molar-refractivity contribution in [2.24, 2.45) is 0 Å². The van der Waals surface area contributed by atoms with E-state index in [1.807, 2.05) is 12.1 Å². The van der Waals surface area contributed by atoms with Crippen LogP contribution in [0.15, 0.2) is 42.5 Å². The van der Waals surface area contributed by atoms with E-state index in [1.165, 1.54) is 23.3 Å². The lowest BCUT2D eigenvalue weighted by Gasteiger charge is -2.38. The Morgan fingerprint density at radius 3 is 2.48 bits per heavy atom. The van der Waals surface area contributed by atoms with Gasteiger partial charge in [0.2, 0.25) is 0 Å². The van der Waals surface area contributed by atoms with Gasteiger partial charge in [-0.3, -0.25) is 0 Å². The molecule has 3 rings (SSSR count). The fourth-order valence-corrected chi connectivity index (χ4v) is 3.85. The number of benzene rings is 2. The van der Waals surface area contributed by atoms with Crippen molar-refractivity contribution in [3.05, 3.63) is 70.8 Å². The molecular weight excluding hydrogens is 290 g/mol. The lowest BCUT2D eigenvalue weighted by Crippen LogP contribution is -2.35. The first-order chi connectivity index (χ1) is 10.1. The minimum absolute atomic E-state index is 0.226. The maximum atomic E-state index is 13.4. The van der Waals surface area contributed by atoms with Crippen molar-refractivity contribution in [3.8, 4) is 0 Å². The average Bonchev–Trinajstić information content (AvgIpc) is 2.46. The Morgan fingerprint density at radius 2 is 1.76 bits per heavy atom. The van der Waals surface area contributed by atoms with Gasteiger partial charge in [0.1, 0.15) is 11.6 Å². The predicted octanol–water partition coefficient (Wildman–Crippen LogP) is 5.02. The largest absolute Gasteiger partial charge is 0.207 e. The van der Waals surface area contributed by atoms with Crippen LogP contribution in [-0.4, -0.2) is 5.88 Å². The zero-order valence-electron chi connectivity index (χ0n) is 11.7. The number of hydrogen-bond donors (Lipinski definition) is 0. The molecule has 1 atom stereocenters. The molecule has 0 bridgehead atoms. The smallest absolute Gasteiger partial charge is 0.126 e. The van der Waals surface area contributed by atoms with Crippen LogP contribution in [0.3, 0.4) is 0 Å². The molecular formula is C18H17ClF2. The summed E-state index contributed by atoms with van der Waals surface area (Å²) in [5.74, 6) is -0.597. The average molecular weight is 307 g/mol. The number of alkyl halides is 1. The van der Waals surface area contributed by atoms with Gasteiger partial charge in [-0.1, -0.05) is 24.3 Å². The summed E-state index contributed by atoms with van der Waals surface area (Å²) in [4.78, 5) is 0. The summed E-state index contributed by atoms with van der Waals surface area (Å²) in [5.41, 5.74) is 2.98. The van der Waals surface area contributed by atoms with E-state index in [0.29, 0.717) is 17.9 Å². The minimum atomic E-state index is -0.529. The second-order valence-electron chi connectivity index (χ2n) is 5.88. The van der Waals surface area contributed by atoms with Crippen LogP contribution in [0.5, 0.6) is 0 Å². The topological polar surface area (TPSA) is 0 Å². The first kappa shape index (κ1) is 14.5. The van der Waals surface area contributed by atoms with Crippen LogP contribution in [-0.2, 0) is 18.3 Å². The van der Waals surface area contributed by atoms with Crippen LogP contribution in [0.2, 0.25) is 0 Å². The Bertz CT molecular complexity index is 633. The van der Waals surface area contributed by atoms with E-state index < -0.39 is 11.6 Å². The number of rotatable bonds is 3. The standard InChI is InChI=1S/C18H17ClF2/c19-12-18(11-13-8-15(20)10-16(21)9-13)7-3-5-14-4-1-2-6-17(14)18/h1-2,4,6,8-10H,3,5,7,11-12H2. The second-order valence-corrected chi connectivity index (χ2v) is 6.15. The van der Waals surface area contributed by atoms with Gasteiger partial charge in [-0.15, -0.1) is 11.6 Å². The number of fused-ring (bicyclic) bond motifs is 1. The first-order valence-electron chi connectivity index (χ1n) is 7.22. The van der Waals surface area contributed by atoms with Gasteiger partial charge in [0, 0.05) is 17.4 Å². The lowest BCUT2D eigenvalue weighted by atomic mass is 9.68. The van der Waals surface area contributed by atoms with Crippen LogP contribution in [0.1, 0.15) is 29.5 Å². The fraction of sp³-hybridized carbons (Fsp3) is 0.333. The Hall–Kier alpha value is -1.41. The molecule has 0 aliphatic heterocycles. The normalized spacial score (nSPS) is 21.1. The Balaban J connectivity index is 2.02. The molecule has 0 nitrogen and oxygen atoms in total. The summed E-state index contributed by atoms with van der Waals surface area (Å²) < 4.78 is 26.9.